The molecule has 0 aliphatic carbocycles. The summed E-state index contributed by atoms with van der Waals surface area (Å²) in [4.78, 5) is 2.48. The van der Waals surface area contributed by atoms with Gasteiger partial charge in [-0.2, -0.15) is 0 Å². The van der Waals surface area contributed by atoms with Gasteiger partial charge >= 0.3 is 0 Å². The fourth-order valence-electron chi connectivity index (χ4n) is 3.46. The molecular formula is C15H23BrN4. The maximum absolute atomic E-state index is 4.53. The topological polar surface area (TPSA) is 34.0 Å². The second-order valence-corrected chi connectivity index (χ2v) is 7.15. The molecule has 1 atom stereocenters. The highest BCUT2D eigenvalue weighted by Gasteiger charge is 2.27. The van der Waals surface area contributed by atoms with Crippen LogP contribution in [0.1, 0.15) is 49.7 Å². The van der Waals surface area contributed by atoms with Crippen LogP contribution in [0.5, 0.6) is 0 Å². The summed E-state index contributed by atoms with van der Waals surface area (Å²) in [7, 11) is 0. The third-order valence-corrected chi connectivity index (χ3v) is 4.65. The first-order valence-corrected chi connectivity index (χ1v) is 8.51. The van der Waals surface area contributed by atoms with Crippen molar-refractivity contribution in [2.75, 3.05) is 19.6 Å². The minimum atomic E-state index is 0.537. The van der Waals surface area contributed by atoms with E-state index in [0.29, 0.717) is 5.92 Å². The monoisotopic (exact) mass is 338 g/mol. The van der Waals surface area contributed by atoms with E-state index in [2.05, 4.69) is 42.2 Å². The number of hydrogen-bond acceptors (Lipinski definition) is 3. The molecule has 1 aromatic rings. The fraction of sp³-hybridized carbons (Fsp3) is 0.733. The Morgan fingerprint density at radius 1 is 1.20 bits per heavy atom. The van der Waals surface area contributed by atoms with E-state index in [1.54, 1.807) is 0 Å². The number of nitrogens with zero attached hydrogens (tertiary/aromatic N) is 4. The van der Waals surface area contributed by atoms with Gasteiger partial charge in [-0.25, -0.2) is 0 Å². The molecule has 0 radical (unpaired) electrons. The average molecular weight is 339 g/mol. The Labute approximate surface area is 129 Å². The Morgan fingerprint density at radius 3 is 2.95 bits per heavy atom. The molecule has 0 amide bonds. The van der Waals surface area contributed by atoms with Crippen molar-refractivity contribution >= 4 is 15.9 Å². The normalized spacial score (nSPS) is 24.1. The summed E-state index contributed by atoms with van der Waals surface area (Å²) in [6.45, 7) is 8.27. The second-order valence-electron chi connectivity index (χ2n) is 6.03. The smallest absolute Gasteiger partial charge is 0.137 e. The summed E-state index contributed by atoms with van der Waals surface area (Å²) in [6, 6.07) is 0. The van der Waals surface area contributed by atoms with Crippen molar-refractivity contribution < 1.29 is 0 Å². The molecule has 1 fully saturated rings. The van der Waals surface area contributed by atoms with Crippen molar-refractivity contribution in [3.8, 4) is 0 Å². The molecule has 4 nitrogen and oxygen atoms in total. The SMILES string of the molecule is C=C(Br)CN1CCC[C@@H](c2nnc3n2CCCCC3)C1. The maximum Gasteiger partial charge on any atom is 0.137 e. The van der Waals surface area contributed by atoms with Gasteiger partial charge in [0.25, 0.3) is 0 Å². The van der Waals surface area contributed by atoms with E-state index >= 15 is 0 Å². The zero-order chi connectivity index (χ0) is 13.9. The van der Waals surface area contributed by atoms with E-state index < -0.39 is 0 Å². The van der Waals surface area contributed by atoms with E-state index in [4.69, 9.17) is 0 Å². The highest BCUT2D eigenvalue weighted by molar-refractivity contribution is 9.11. The fourth-order valence-corrected chi connectivity index (χ4v) is 3.82. The molecule has 2 aliphatic rings. The minimum Gasteiger partial charge on any atom is -0.315 e. The van der Waals surface area contributed by atoms with Gasteiger partial charge in [0.15, 0.2) is 0 Å². The molecular weight excluding hydrogens is 316 g/mol. The number of halogens is 1. The maximum atomic E-state index is 4.53. The van der Waals surface area contributed by atoms with Gasteiger partial charge in [0, 0.05) is 36.5 Å². The number of rotatable bonds is 3. The first kappa shape index (κ1) is 14.3. The van der Waals surface area contributed by atoms with Crippen LogP contribution in [0.4, 0.5) is 0 Å². The lowest BCUT2D eigenvalue weighted by atomic mass is 9.97. The Kier molecular flexibility index (Phi) is 4.56. The summed E-state index contributed by atoms with van der Waals surface area (Å²) in [5, 5.41) is 8.97. The van der Waals surface area contributed by atoms with Crippen molar-refractivity contribution in [2.45, 2.75) is 51.0 Å². The first-order valence-electron chi connectivity index (χ1n) is 7.71. The third-order valence-electron chi connectivity index (χ3n) is 4.40. The summed E-state index contributed by atoms with van der Waals surface area (Å²) in [6.07, 6.45) is 7.44. The lowest BCUT2D eigenvalue weighted by molar-refractivity contribution is 0.220. The van der Waals surface area contributed by atoms with E-state index in [1.165, 1.54) is 50.3 Å². The Balaban J connectivity index is 1.75. The van der Waals surface area contributed by atoms with Gasteiger partial charge < -0.3 is 4.57 Å². The summed E-state index contributed by atoms with van der Waals surface area (Å²) in [5.74, 6) is 2.97. The van der Waals surface area contributed by atoms with Crippen molar-refractivity contribution in [3.05, 3.63) is 22.7 Å². The van der Waals surface area contributed by atoms with Crippen molar-refractivity contribution in [1.29, 1.82) is 0 Å². The van der Waals surface area contributed by atoms with Gasteiger partial charge in [0.1, 0.15) is 11.6 Å². The first-order chi connectivity index (χ1) is 9.74. The van der Waals surface area contributed by atoms with Crippen molar-refractivity contribution in [2.24, 2.45) is 0 Å². The van der Waals surface area contributed by atoms with Gasteiger partial charge in [0.2, 0.25) is 0 Å². The van der Waals surface area contributed by atoms with E-state index in [9.17, 15) is 0 Å². The van der Waals surface area contributed by atoms with Crippen LogP contribution in [0.15, 0.2) is 11.1 Å². The van der Waals surface area contributed by atoms with Crippen LogP contribution in [0, 0.1) is 0 Å². The Hall–Kier alpha value is -0.680. The second kappa shape index (κ2) is 6.39. The average Bonchev–Trinajstić information content (AvgIpc) is 2.67. The largest absolute Gasteiger partial charge is 0.315 e. The van der Waals surface area contributed by atoms with Crippen molar-refractivity contribution in [1.82, 2.24) is 19.7 Å². The highest BCUT2D eigenvalue weighted by atomic mass is 79.9. The van der Waals surface area contributed by atoms with Crippen LogP contribution < -0.4 is 0 Å². The minimum absolute atomic E-state index is 0.537. The van der Waals surface area contributed by atoms with Gasteiger partial charge in [-0.3, -0.25) is 4.90 Å². The van der Waals surface area contributed by atoms with Crippen LogP contribution in [-0.2, 0) is 13.0 Å². The van der Waals surface area contributed by atoms with Gasteiger partial charge in [-0.05, 0) is 32.2 Å². The number of fused-ring (bicyclic) bond motifs is 1. The third kappa shape index (κ3) is 3.14. The van der Waals surface area contributed by atoms with Crippen LogP contribution in [0.3, 0.4) is 0 Å². The van der Waals surface area contributed by atoms with E-state index in [0.717, 1.165) is 30.5 Å². The van der Waals surface area contributed by atoms with Gasteiger partial charge in [-0.15, -0.1) is 10.2 Å². The molecule has 110 valence electrons. The zero-order valence-corrected chi connectivity index (χ0v) is 13.6. The van der Waals surface area contributed by atoms with E-state index in [1.807, 2.05) is 0 Å². The molecule has 0 aromatic carbocycles. The van der Waals surface area contributed by atoms with Crippen LogP contribution in [0.25, 0.3) is 0 Å². The summed E-state index contributed by atoms with van der Waals surface area (Å²) < 4.78 is 3.47. The molecule has 0 bridgehead atoms. The lowest BCUT2D eigenvalue weighted by Crippen LogP contribution is -2.36. The van der Waals surface area contributed by atoms with Crippen molar-refractivity contribution in [3.63, 3.8) is 0 Å². The molecule has 0 unspecified atom stereocenters. The number of piperidine rings is 1. The van der Waals surface area contributed by atoms with Gasteiger partial charge in [0.05, 0.1) is 0 Å². The molecule has 2 aliphatic heterocycles. The van der Waals surface area contributed by atoms with E-state index in [-0.39, 0.29) is 0 Å². The summed E-state index contributed by atoms with van der Waals surface area (Å²) >= 11 is 3.48. The predicted molar refractivity (Wildman–Crippen MR) is 84.1 cm³/mol. The molecule has 5 heteroatoms. The standard InChI is InChI=1S/C15H23BrN4/c1-12(16)10-19-8-5-6-13(11-19)15-18-17-14-7-3-2-4-9-20(14)15/h13H,1-11H2/t13-/m1/s1. The number of hydrogen-bond donors (Lipinski definition) is 0. The molecule has 3 heterocycles. The molecule has 1 aromatic heterocycles. The molecule has 3 rings (SSSR count). The number of likely N-dealkylation sites (tertiary alicyclic amines) is 1. The quantitative estimate of drug-likeness (QED) is 0.849. The van der Waals surface area contributed by atoms with Crippen LogP contribution in [0.2, 0.25) is 0 Å². The Bertz CT molecular complexity index is 482. The number of aryl methyl sites for hydroxylation is 1. The van der Waals surface area contributed by atoms with Crippen LogP contribution in [-0.4, -0.2) is 39.3 Å². The highest BCUT2D eigenvalue weighted by Crippen LogP contribution is 2.28. The molecule has 1 saturated heterocycles. The molecule has 20 heavy (non-hydrogen) atoms. The Morgan fingerprint density at radius 2 is 2.10 bits per heavy atom. The predicted octanol–water partition coefficient (Wildman–Crippen LogP) is 3.09. The van der Waals surface area contributed by atoms with Gasteiger partial charge in [-0.1, -0.05) is 28.9 Å². The molecule has 0 spiro atoms. The number of aromatic nitrogens is 3. The van der Waals surface area contributed by atoms with Crippen LogP contribution >= 0.6 is 15.9 Å². The molecule has 0 N–H and O–H groups in total. The summed E-state index contributed by atoms with van der Waals surface area (Å²) in [5.41, 5.74) is 0. The molecule has 0 saturated carbocycles. The zero-order valence-electron chi connectivity index (χ0n) is 12.0. The lowest BCUT2D eigenvalue weighted by Gasteiger charge is -2.32.